The molecular weight excluding hydrogens is 551 g/mol. The maximum Gasteiger partial charge on any atom is 0.417 e. The number of carbonyl (C=O) groups is 2. The van der Waals surface area contributed by atoms with Gasteiger partial charge in [0.25, 0.3) is 5.91 Å². The minimum absolute atomic E-state index is 0.0590. The van der Waals surface area contributed by atoms with E-state index in [0.717, 1.165) is 53.0 Å². The van der Waals surface area contributed by atoms with Gasteiger partial charge in [0.2, 0.25) is 5.91 Å². The van der Waals surface area contributed by atoms with E-state index in [9.17, 15) is 22.8 Å². The van der Waals surface area contributed by atoms with E-state index in [0.29, 0.717) is 17.5 Å². The van der Waals surface area contributed by atoms with Crippen LogP contribution < -0.4 is 10.2 Å². The Labute approximate surface area is 239 Å². The number of benzene rings is 3. The highest BCUT2D eigenvalue weighted by Crippen LogP contribution is 2.32. The number of hydrogen-bond acceptors (Lipinski definition) is 5. The van der Waals surface area contributed by atoms with E-state index in [1.54, 1.807) is 9.47 Å². The van der Waals surface area contributed by atoms with Crippen LogP contribution in [0.3, 0.4) is 0 Å². The van der Waals surface area contributed by atoms with Crippen LogP contribution in [0.5, 0.6) is 0 Å². The van der Waals surface area contributed by atoms with Gasteiger partial charge in [0, 0.05) is 12.2 Å². The van der Waals surface area contributed by atoms with Gasteiger partial charge < -0.3 is 10.2 Å². The maximum absolute atomic E-state index is 13.5. The molecule has 0 aliphatic carbocycles. The van der Waals surface area contributed by atoms with Crippen molar-refractivity contribution in [3.05, 3.63) is 100 Å². The lowest BCUT2D eigenvalue weighted by Gasteiger charge is -2.29. The molecular formula is C30H28F3N5O2S. The predicted octanol–water partition coefficient (Wildman–Crippen LogP) is 5.90. The number of thioether (sulfide) groups is 1. The number of alkyl halides is 3. The summed E-state index contributed by atoms with van der Waals surface area (Å²) in [6.07, 6.45) is -2.86. The number of para-hydroxylation sites is 1. The summed E-state index contributed by atoms with van der Waals surface area (Å²) in [5, 5.41) is 11.6. The van der Waals surface area contributed by atoms with E-state index >= 15 is 0 Å². The topological polar surface area (TPSA) is 80.1 Å². The van der Waals surface area contributed by atoms with Crippen LogP contribution in [-0.4, -0.2) is 38.9 Å². The molecule has 0 spiro atoms. The van der Waals surface area contributed by atoms with Crippen LogP contribution in [0.4, 0.5) is 18.9 Å². The zero-order valence-corrected chi connectivity index (χ0v) is 23.4. The van der Waals surface area contributed by atoms with Crippen molar-refractivity contribution in [2.24, 2.45) is 0 Å². The van der Waals surface area contributed by atoms with Gasteiger partial charge in [0.15, 0.2) is 11.0 Å². The molecule has 11 heteroatoms. The number of rotatable bonds is 7. The van der Waals surface area contributed by atoms with Crippen molar-refractivity contribution in [2.45, 2.75) is 44.6 Å². The number of carbonyl (C=O) groups excluding carboxylic acids is 2. The molecule has 0 unspecified atom stereocenters. The smallest absolute Gasteiger partial charge is 0.345 e. The first-order valence-corrected chi connectivity index (χ1v) is 14.1. The first-order valence-electron chi connectivity index (χ1n) is 13.1. The molecule has 2 heterocycles. The second kappa shape index (κ2) is 11.8. The zero-order chi connectivity index (χ0) is 29.1. The fraction of sp³-hybridized carbons (Fsp3) is 0.267. The summed E-state index contributed by atoms with van der Waals surface area (Å²) < 4.78 is 42.2. The molecule has 2 amide bonds. The van der Waals surface area contributed by atoms with E-state index < -0.39 is 23.2 Å². The average molecular weight is 580 g/mol. The molecule has 0 radical (unpaired) electrons. The van der Waals surface area contributed by atoms with Gasteiger partial charge in [-0.1, -0.05) is 54.2 Å². The molecule has 41 heavy (non-hydrogen) atoms. The molecule has 4 aromatic rings. The van der Waals surface area contributed by atoms with E-state index in [2.05, 4.69) is 15.5 Å². The fourth-order valence-corrected chi connectivity index (χ4v) is 5.73. The Bertz CT molecular complexity index is 1600. The molecule has 0 saturated carbocycles. The number of amides is 2. The monoisotopic (exact) mass is 579 g/mol. The SMILES string of the molecule is Cc1ccc(C)c(-n2c(CNC(=O)c3ccccc3C(F)(F)F)nnc2SCC(=O)N2CCCc3ccccc32)c1. The highest BCUT2D eigenvalue weighted by Gasteiger charge is 2.35. The van der Waals surface area contributed by atoms with Crippen molar-refractivity contribution in [3.63, 3.8) is 0 Å². The minimum Gasteiger partial charge on any atom is -0.345 e. The molecule has 7 nitrogen and oxygen atoms in total. The Morgan fingerprint density at radius 1 is 0.976 bits per heavy atom. The third kappa shape index (κ3) is 6.14. The summed E-state index contributed by atoms with van der Waals surface area (Å²) in [5.74, 6) is -0.490. The number of anilines is 1. The molecule has 3 aromatic carbocycles. The van der Waals surface area contributed by atoms with Crippen LogP contribution in [0.25, 0.3) is 5.69 Å². The molecule has 0 saturated heterocycles. The Kier molecular flexibility index (Phi) is 8.16. The van der Waals surface area contributed by atoms with Gasteiger partial charge >= 0.3 is 6.18 Å². The summed E-state index contributed by atoms with van der Waals surface area (Å²) in [6, 6.07) is 18.4. The highest BCUT2D eigenvalue weighted by atomic mass is 32.2. The first kappa shape index (κ1) is 28.4. The minimum atomic E-state index is -4.67. The molecule has 212 valence electrons. The van der Waals surface area contributed by atoms with Crippen LogP contribution in [0.1, 0.15) is 44.9 Å². The standard InChI is InChI=1S/C30H28F3N5O2S/c1-19-13-14-20(2)25(16-19)38-26(17-34-28(40)22-10-4-5-11-23(22)30(31,32)33)35-36-29(38)41-18-27(39)37-15-7-9-21-8-3-6-12-24(21)37/h3-6,8,10-14,16H,7,9,15,17-18H2,1-2H3,(H,34,40). The van der Waals surface area contributed by atoms with Crippen LogP contribution in [0, 0.1) is 13.8 Å². The van der Waals surface area contributed by atoms with Crippen LogP contribution >= 0.6 is 11.8 Å². The lowest BCUT2D eigenvalue weighted by molar-refractivity contribution is -0.138. The Morgan fingerprint density at radius 3 is 2.54 bits per heavy atom. The molecule has 1 aromatic heterocycles. The van der Waals surface area contributed by atoms with Crippen molar-refractivity contribution in [1.29, 1.82) is 0 Å². The second-order valence-corrected chi connectivity index (χ2v) is 10.8. The quantitative estimate of drug-likeness (QED) is 0.276. The number of hydrogen-bond donors (Lipinski definition) is 1. The average Bonchev–Trinajstić information content (AvgIpc) is 3.37. The maximum atomic E-state index is 13.5. The lowest BCUT2D eigenvalue weighted by Crippen LogP contribution is -2.36. The van der Waals surface area contributed by atoms with Crippen LogP contribution in [-0.2, 0) is 23.9 Å². The van der Waals surface area contributed by atoms with Crippen molar-refractivity contribution in [3.8, 4) is 5.69 Å². The highest BCUT2D eigenvalue weighted by molar-refractivity contribution is 7.99. The number of nitrogens with one attached hydrogen (secondary N) is 1. The van der Waals surface area contributed by atoms with Crippen molar-refractivity contribution in [2.75, 3.05) is 17.2 Å². The van der Waals surface area contributed by atoms with Gasteiger partial charge in [0.05, 0.1) is 29.1 Å². The molecule has 5 rings (SSSR count). The molecule has 0 atom stereocenters. The molecule has 0 bridgehead atoms. The van der Waals surface area contributed by atoms with Crippen LogP contribution in [0.15, 0.2) is 71.9 Å². The number of halogens is 3. The molecule has 1 aliphatic heterocycles. The van der Waals surface area contributed by atoms with E-state index in [4.69, 9.17) is 0 Å². The van der Waals surface area contributed by atoms with Gasteiger partial charge in [-0.05, 0) is 67.6 Å². The third-order valence-corrected chi connectivity index (χ3v) is 7.84. The van der Waals surface area contributed by atoms with Gasteiger partial charge in [-0.2, -0.15) is 13.2 Å². The molecule has 0 fully saturated rings. The van der Waals surface area contributed by atoms with Gasteiger partial charge in [-0.25, -0.2) is 0 Å². The third-order valence-electron chi connectivity index (χ3n) is 6.93. The van der Waals surface area contributed by atoms with Crippen molar-refractivity contribution >= 4 is 29.3 Å². The van der Waals surface area contributed by atoms with Crippen molar-refractivity contribution < 1.29 is 22.8 Å². The summed E-state index contributed by atoms with van der Waals surface area (Å²) >= 11 is 1.23. The Morgan fingerprint density at radius 2 is 1.73 bits per heavy atom. The van der Waals surface area contributed by atoms with Crippen molar-refractivity contribution in [1.82, 2.24) is 20.1 Å². The fourth-order valence-electron chi connectivity index (χ4n) is 4.89. The Balaban J connectivity index is 1.40. The number of nitrogens with zero attached hydrogens (tertiary/aromatic N) is 4. The predicted molar refractivity (Wildman–Crippen MR) is 151 cm³/mol. The van der Waals surface area contributed by atoms with Gasteiger partial charge in [0.1, 0.15) is 0 Å². The molecule has 1 aliphatic rings. The number of aromatic nitrogens is 3. The molecule has 1 N–H and O–H groups in total. The largest absolute Gasteiger partial charge is 0.417 e. The van der Waals surface area contributed by atoms with E-state index in [1.165, 1.54) is 23.9 Å². The second-order valence-electron chi connectivity index (χ2n) is 9.82. The summed E-state index contributed by atoms with van der Waals surface area (Å²) in [5.41, 5.74) is 3.22. The van der Waals surface area contributed by atoms with Gasteiger partial charge in [-0.15, -0.1) is 10.2 Å². The zero-order valence-electron chi connectivity index (χ0n) is 22.5. The summed E-state index contributed by atoms with van der Waals surface area (Å²) in [7, 11) is 0. The normalized spacial score (nSPS) is 13.1. The van der Waals surface area contributed by atoms with E-state index in [-0.39, 0.29) is 18.2 Å². The first-order chi connectivity index (χ1) is 19.6. The van der Waals surface area contributed by atoms with Crippen LogP contribution in [0.2, 0.25) is 0 Å². The van der Waals surface area contributed by atoms with Gasteiger partial charge in [-0.3, -0.25) is 14.2 Å². The lowest BCUT2D eigenvalue weighted by atomic mass is 10.0. The summed E-state index contributed by atoms with van der Waals surface area (Å²) in [6.45, 7) is 4.32. The number of aryl methyl sites for hydroxylation is 3. The van der Waals surface area contributed by atoms with E-state index in [1.807, 2.05) is 56.3 Å². The number of fused-ring (bicyclic) bond motifs is 1. The summed E-state index contributed by atoms with van der Waals surface area (Å²) in [4.78, 5) is 27.9. The Hall–Kier alpha value is -4.12.